The van der Waals surface area contributed by atoms with Crippen molar-refractivity contribution in [2.75, 3.05) is 0 Å². The van der Waals surface area contributed by atoms with E-state index in [2.05, 4.69) is 0 Å². The minimum Gasteiger partial charge on any atom is -0.451 e. The molecular weight excluding hydrogens is 334 g/mol. The van der Waals surface area contributed by atoms with E-state index in [1.54, 1.807) is 0 Å². The van der Waals surface area contributed by atoms with Crippen LogP contribution in [0.4, 0.5) is 0 Å². The van der Waals surface area contributed by atoms with Crippen molar-refractivity contribution in [1.82, 2.24) is 4.90 Å². The Morgan fingerprint density at radius 2 is 1.41 bits per heavy atom. The number of benzene rings is 3. The highest BCUT2D eigenvalue weighted by molar-refractivity contribution is 5.96. The van der Waals surface area contributed by atoms with Gasteiger partial charge in [0, 0.05) is 18.5 Å². The Morgan fingerprint density at radius 3 is 2.00 bits per heavy atom. The van der Waals surface area contributed by atoms with Crippen LogP contribution in [0.3, 0.4) is 0 Å². The van der Waals surface area contributed by atoms with Crippen LogP contribution < -0.4 is 0 Å². The second-order valence-electron chi connectivity index (χ2n) is 6.78. The Balaban J connectivity index is 1.66. The number of fused-ring (bicyclic) bond motifs is 1. The van der Waals surface area contributed by atoms with Crippen LogP contribution in [0.25, 0.3) is 11.0 Å². The average Bonchev–Trinajstić information content (AvgIpc) is 3.11. The predicted molar refractivity (Wildman–Crippen MR) is 107 cm³/mol. The first-order valence-corrected chi connectivity index (χ1v) is 9.06. The number of hydrogen-bond acceptors (Lipinski definition) is 2. The molecule has 3 aromatic carbocycles. The van der Waals surface area contributed by atoms with Gasteiger partial charge in [-0.15, -0.1) is 0 Å². The molecule has 0 saturated heterocycles. The summed E-state index contributed by atoms with van der Waals surface area (Å²) in [7, 11) is 0. The van der Waals surface area contributed by atoms with Crippen LogP contribution in [0, 0.1) is 6.92 Å². The van der Waals surface area contributed by atoms with E-state index >= 15 is 0 Å². The molecule has 1 aromatic heterocycles. The fourth-order valence-electron chi connectivity index (χ4n) is 3.21. The third-order valence-electron chi connectivity index (χ3n) is 4.61. The summed E-state index contributed by atoms with van der Waals surface area (Å²) in [6.07, 6.45) is 0. The number of amides is 1. The van der Waals surface area contributed by atoms with Crippen molar-refractivity contribution in [3.05, 3.63) is 107 Å². The quantitative estimate of drug-likeness (QED) is 0.468. The Hall–Kier alpha value is -3.33. The van der Waals surface area contributed by atoms with Gasteiger partial charge in [0.1, 0.15) is 5.58 Å². The van der Waals surface area contributed by atoms with Gasteiger partial charge in [-0.05, 0) is 35.7 Å². The molecule has 3 heteroatoms. The smallest absolute Gasteiger partial charge is 0.290 e. The van der Waals surface area contributed by atoms with Gasteiger partial charge in [0.25, 0.3) is 5.91 Å². The number of nitrogens with zero attached hydrogens (tertiary/aromatic N) is 1. The fourth-order valence-corrected chi connectivity index (χ4v) is 3.21. The number of carbonyl (C=O) groups is 1. The monoisotopic (exact) mass is 355 g/mol. The Morgan fingerprint density at radius 1 is 0.815 bits per heavy atom. The molecule has 4 rings (SSSR count). The van der Waals surface area contributed by atoms with Crippen LogP contribution in [0.5, 0.6) is 0 Å². The van der Waals surface area contributed by atoms with Gasteiger partial charge in [0.15, 0.2) is 5.76 Å². The van der Waals surface area contributed by atoms with Crippen molar-refractivity contribution in [3.63, 3.8) is 0 Å². The van der Waals surface area contributed by atoms with Crippen molar-refractivity contribution in [2.45, 2.75) is 20.0 Å². The summed E-state index contributed by atoms with van der Waals surface area (Å²) in [5, 5.41) is 0.948. The SMILES string of the molecule is Cc1ccc2cc(C(=O)N(Cc3ccccc3)Cc3ccccc3)oc2c1. The topological polar surface area (TPSA) is 33.5 Å². The third-order valence-corrected chi connectivity index (χ3v) is 4.61. The van der Waals surface area contributed by atoms with E-state index in [0.717, 1.165) is 27.7 Å². The summed E-state index contributed by atoms with van der Waals surface area (Å²) in [6.45, 7) is 3.08. The highest BCUT2D eigenvalue weighted by atomic mass is 16.3. The molecule has 1 amide bonds. The maximum absolute atomic E-state index is 13.2. The molecule has 0 unspecified atom stereocenters. The van der Waals surface area contributed by atoms with Gasteiger partial charge in [-0.3, -0.25) is 4.79 Å². The lowest BCUT2D eigenvalue weighted by atomic mass is 10.1. The highest BCUT2D eigenvalue weighted by Crippen LogP contribution is 2.23. The van der Waals surface area contributed by atoms with E-state index in [-0.39, 0.29) is 5.91 Å². The molecule has 0 aliphatic rings. The van der Waals surface area contributed by atoms with E-state index < -0.39 is 0 Å². The zero-order chi connectivity index (χ0) is 18.6. The van der Waals surface area contributed by atoms with Crippen molar-refractivity contribution >= 4 is 16.9 Å². The highest BCUT2D eigenvalue weighted by Gasteiger charge is 2.20. The molecular formula is C24H21NO2. The predicted octanol–water partition coefficient (Wildman–Crippen LogP) is 5.58. The molecule has 0 spiro atoms. The maximum atomic E-state index is 13.2. The van der Waals surface area contributed by atoms with E-state index in [1.807, 2.05) is 96.8 Å². The van der Waals surface area contributed by atoms with Crippen molar-refractivity contribution in [2.24, 2.45) is 0 Å². The van der Waals surface area contributed by atoms with Crippen molar-refractivity contribution < 1.29 is 9.21 Å². The van der Waals surface area contributed by atoms with E-state index in [4.69, 9.17) is 4.42 Å². The summed E-state index contributed by atoms with van der Waals surface area (Å²) in [5.41, 5.74) is 4.04. The van der Waals surface area contributed by atoms with Gasteiger partial charge in [-0.2, -0.15) is 0 Å². The zero-order valence-corrected chi connectivity index (χ0v) is 15.3. The Labute approximate surface area is 158 Å². The van der Waals surface area contributed by atoms with Crippen molar-refractivity contribution in [1.29, 1.82) is 0 Å². The molecule has 0 saturated carbocycles. The number of hydrogen-bond donors (Lipinski definition) is 0. The zero-order valence-electron chi connectivity index (χ0n) is 15.3. The molecule has 0 aliphatic carbocycles. The first-order valence-electron chi connectivity index (χ1n) is 9.06. The summed E-state index contributed by atoms with van der Waals surface area (Å²) in [6, 6.07) is 27.9. The van der Waals surface area contributed by atoms with Crippen LogP contribution >= 0.6 is 0 Å². The summed E-state index contributed by atoms with van der Waals surface area (Å²) < 4.78 is 5.88. The number of aryl methyl sites for hydroxylation is 1. The van der Waals surface area contributed by atoms with Crippen LogP contribution in [0.2, 0.25) is 0 Å². The molecule has 0 atom stereocenters. The molecule has 0 fully saturated rings. The fraction of sp³-hybridized carbons (Fsp3) is 0.125. The van der Waals surface area contributed by atoms with Gasteiger partial charge >= 0.3 is 0 Å². The lowest BCUT2D eigenvalue weighted by molar-refractivity contribution is 0.0700. The lowest BCUT2D eigenvalue weighted by Crippen LogP contribution is -2.29. The molecule has 0 N–H and O–H groups in total. The minimum absolute atomic E-state index is 0.100. The first kappa shape index (κ1) is 17.1. The van der Waals surface area contributed by atoms with Crippen LogP contribution in [0.1, 0.15) is 27.2 Å². The molecule has 134 valence electrons. The molecule has 3 nitrogen and oxygen atoms in total. The summed E-state index contributed by atoms with van der Waals surface area (Å²) in [4.78, 5) is 15.1. The Kier molecular flexibility index (Phi) is 4.75. The lowest BCUT2D eigenvalue weighted by Gasteiger charge is -2.22. The van der Waals surface area contributed by atoms with E-state index in [0.29, 0.717) is 18.8 Å². The second-order valence-corrected chi connectivity index (χ2v) is 6.78. The second kappa shape index (κ2) is 7.50. The third kappa shape index (κ3) is 3.93. The molecule has 1 heterocycles. The van der Waals surface area contributed by atoms with Crippen molar-refractivity contribution in [3.8, 4) is 0 Å². The molecule has 0 bridgehead atoms. The Bertz CT molecular complexity index is 1010. The van der Waals surface area contributed by atoms with Crippen LogP contribution in [-0.4, -0.2) is 10.8 Å². The van der Waals surface area contributed by atoms with Gasteiger partial charge in [-0.1, -0.05) is 72.8 Å². The number of carbonyl (C=O) groups excluding carboxylic acids is 1. The number of furan rings is 1. The minimum atomic E-state index is -0.100. The van der Waals surface area contributed by atoms with Crippen LogP contribution in [-0.2, 0) is 13.1 Å². The largest absolute Gasteiger partial charge is 0.451 e. The van der Waals surface area contributed by atoms with Crippen LogP contribution in [0.15, 0.2) is 89.3 Å². The molecule has 4 aromatic rings. The molecule has 27 heavy (non-hydrogen) atoms. The van der Waals surface area contributed by atoms with Gasteiger partial charge in [0.05, 0.1) is 0 Å². The summed E-state index contributed by atoms with van der Waals surface area (Å²) in [5.74, 6) is 0.277. The molecule has 0 aliphatic heterocycles. The van der Waals surface area contributed by atoms with Gasteiger partial charge < -0.3 is 9.32 Å². The van der Waals surface area contributed by atoms with Gasteiger partial charge in [0.2, 0.25) is 0 Å². The normalized spacial score (nSPS) is 10.9. The summed E-state index contributed by atoms with van der Waals surface area (Å²) >= 11 is 0. The average molecular weight is 355 g/mol. The standard InChI is InChI=1S/C24H21NO2/c1-18-12-13-21-15-23(27-22(21)14-18)24(26)25(16-19-8-4-2-5-9-19)17-20-10-6-3-7-11-20/h2-15H,16-17H2,1H3. The maximum Gasteiger partial charge on any atom is 0.290 e. The van der Waals surface area contributed by atoms with E-state index in [9.17, 15) is 4.79 Å². The van der Waals surface area contributed by atoms with E-state index in [1.165, 1.54) is 0 Å². The number of rotatable bonds is 5. The van der Waals surface area contributed by atoms with Gasteiger partial charge in [-0.25, -0.2) is 0 Å². The molecule has 0 radical (unpaired) electrons. The first-order chi connectivity index (χ1) is 13.2.